The van der Waals surface area contributed by atoms with E-state index in [0.29, 0.717) is 25.8 Å². The normalized spacial score (nSPS) is 24.7. The number of carbonyl (C=O) groups excluding carboxylic acids is 5. The van der Waals surface area contributed by atoms with E-state index in [2.05, 4.69) is 21.0 Å². The Morgan fingerprint density at radius 1 is 1.02 bits per heavy atom. The highest BCUT2D eigenvalue weighted by atomic mass is 16.2. The maximum atomic E-state index is 13.7. The van der Waals surface area contributed by atoms with Gasteiger partial charge in [0.15, 0.2) is 0 Å². The van der Waals surface area contributed by atoms with Crippen LogP contribution >= 0.6 is 0 Å². The Bertz CT molecular complexity index is 1280. The van der Waals surface area contributed by atoms with Crippen LogP contribution in [0.2, 0.25) is 0 Å². The number of benzene rings is 1. The van der Waals surface area contributed by atoms with Gasteiger partial charge in [0.2, 0.25) is 23.6 Å². The molecule has 2 fully saturated rings. The van der Waals surface area contributed by atoms with Gasteiger partial charge in [0.25, 0.3) is 5.91 Å². The SMILES string of the molecule is CC(C)[C@@H]1NC(=O)[C@H]2CCCN2C(=O)[C@H](C)NC(=O)CN(C(=O)c2ccnn2C)C[C@H](Cc2ccccc2)NC1=O. The maximum Gasteiger partial charge on any atom is 0.272 e. The van der Waals surface area contributed by atoms with Gasteiger partial charge >= 0.3 is 0 Å². The Kier molecular flexibility index (Phi) is 9.41. The number of amides is 5. The van der Waals surface area contributed by atoms with Crippen LogP contribution in [-0.4, -0.2) is 92.9 Å². The zero-order valence-corrected chi connectivity index (χ0v) is 24.0. The number of nitrogens with one attached hydrogen (secondary N) is 3. The smallest absolute Gasteiger partial charge is 0.272 e. The molecule has 2 aliphatic rings. The summed E-state index contributed by atoms with van der Waals surface area (Å²) in [7, 11) is 1.63. The maximum absolute atomic E-state index is 13.7. The van der Waals surface area contributed by atoms with Crippen LogP contribution in [0.3, 0.4) is 0 Å². The van der Waals surface area contributed by atoms with Gasteiger partial charge in [0, 0.05) is 26.3 Å². The quantitative estimate of drug-likeness (QED) is 0.484. The van der Waals surface area contributed by atoms with Crippen molar-refractivity contribution in [2.75, 3.05) is 19.6 Å². The van der Waals surface area contributed by atoms with E-state index in [9.17, 15) is 24.0 Å². The molecular formula is C29H39N7O5. The van der Waals surface area contributed by atoms with E-state index < -0.39 is 47.8 Å². The lowest BCUT2D eigenvalue weighted by Crippen LogP contribution is -2.58. The van der Waals surface area contributed by atoms with Crippen LogP contribution in [0.25, 0.3) is 0 Å². The van der Waals surface area contributed by atoms with Crippen LogP contribution in [0, 0.1) is 5.92 Å². The van der Waals surface area contributed by atoms with Gasteiger partial charge in [-0.2, -0.15) is 5.10 Å². The second kappa shape index (κ2) is 13.0. The van der Waals surface area contributed by atoms with Gasteiger partial charge in [0.1, 0.15) is 23.8 Å². The van der Waals surface area contributed by atoms with E-state index in [1.54, 1.807) is 20.0 Å². The van der Waals surface area contributed by atoms with Gasteiger partial charge in [-0.05, 0) is 43.7 Å². The van der Waals surface area contributed by atoms with Crippen LogP contribution in [0.1, 0.15) is 49.7 Å². The molecule has 5 amide bonds. The number of rotatable bonds is 4. The van der Waals surface area contributed by atoms with Crippen molar-refractivity contribution in [2.45, 2.75) is 64.2 Å². The number of aryl methyl sites for hydroxylation is 1. The number of hydrogen-bond donors (Lipinski definition) is 3. The van der Waals surface area contributed by atoms with Crippen LogP contribution in [0.5, 0.6) is 0 Å². The van der Waals surface area contributed by atoms with Gasteiger partial charge in [0.05, 0.1) is 12.6 Å². The zero-order chi connectivity index (χ0) is 29.7. The summed E-state index contributed by atoms with van der Waals surface area (Å²) < 4.78 is 1.42. The van der Waals surface area contributed by atoms with Crippen LogP contribution in [-0.2, 0) is 32.6 Å². The molecule has 12 nitrogen and oxygen atoms in total. The van der Waals surface area contributed by atoms with E-state index >= 15 is 0 Å². The number of fused-ring (bicyclic) bond motifs is 1. The molecule has 0 spiro atoms. The topological polar surface area (TPSA) is 146 Å². The largest absolute Gasteiger partial charge is 0.349 e. The first-order valence-corrected chi connectivity index (χ1v) is 14.1. The van der Waals surface area contributed by atoms with Crippen LogP contribution < -0.4 is 16.0 Å². The number of aromatic nitrogens is 2. The minimum atomic E-state index is -0.907. The van der Waals surface area contributed by atoms with Crippen molar-refractivity contribution in [2.24, 2.45) is 13.0 Å². The molecule has 0 unspecified atom stereocenters. The van der Waals surface area contributed by atoms with Crippen molar-refractivity contribution in [3.63, 3.8) is 0 Å². The fourth-order valence-electron chi connectivity index (χ4n) is 5.44. The van der Waals surface area contributed by atoms with Gasteiger partial charge in [-0.25, -0.2) is 0 Å². The van der Waals surface area contributed by atoms with Crippen molar-refractivity contribution in [1.29, 1.82) is 0 Å². The van der Waals surface area contributed by atoms with Crippen molar-refractivity contribution in [3.8, 4) is 0 Å². The van der Waals surface area contributed by atoms with E-state index in [-0.39, 0.29) is 30.6 Å². The minimum Gasteiger partial charge on any atom is -0.349 e. The molecule has 4 atom stereocenters. The van der Waals surface area contributed by atoms with Gasteiger partial charge in [-0.15, -0.1) is 0 Å². The molecule has 0 aliphatic carbocycles. The Morgan fingerprint density at radius 3 is 2.41 bits per heavy atom. The average molecular weight is 566 g/mol. The minimum absolute atomic E-state index is 0.00784. The van der Waals surface area contributed by atoms with Gasteiger partial charge in [-0.3, -0.25) is 28.7 Å². The van der Waals surface area contributed by atoms with Crippen molar-refractivity contribution in [1.82, 2.24) is 35.5 Å². The Balaban J connectivity index is 1.71. The summed E-state index contributed by atoms with van der Waals surface area (Å²) >= 11 is 0. The summed E-state index contributed by atoms with van der Waals surface area (Å²) in [6.45, 7) is 5.29. The Labute approximate surface area is 239 Å². The third kappa shape index (κ3) is 7.11. The molecule has 1 aromatic heterocycles. The van der Waals surface area contributed by atoms with Crippen molar-refractivity contribution >= 4 is 29.5 Å². The molecular weight excluding hydrogens is 526 g/mol. The predicted molar refractivity (Wildman–Crippen MR) is 150 cm³/mol. The standard InChI is InChI=1S/C29H39N7O5/c1-18(2)25-27(39)32-21(15-20-9-6-5-7-10-20)16-35(29(41)23-12-13-30-34(23)4)17-24(37)31-19(3)28(40)36-14-8-11-22(36)26(38)33-25/h5-7,9-10,12-13,18-19,21-22,25H,8,11,14-17H2,1-4H3,(H,31,37)(H,32,39)(H,33,38)/t19-,21-,22+,25-/m0/s1. The first-order valence-electron chi connectivity index (χ1n) is 14.1. The van der Waals surface area contributed by atoms with Crippen LogP contribution in [0.15, 0.2) is 42.6 Å². The molecule has 2 aliphatic heterocycles. The summed E-state index contributed by atoms with van der Waals surface area (Å²) in [6, 6.07) is 7.99. The third-order valence-electron chi connectivity index (χ3n) is 7.61. The second-order valence-electron chi connectivity index (χ2n) is 11.1. The molecule has 0 radical (unpaired) electrons. The molecule has 12 heteroatoms. The lowest BCUT2D eigenvalue weighted by atomic mass is 10.00. The van der Waals surface area contributed by atoms with E-state index in [0.717, 1.165) is 5.56 Å². The highest BCUT2D eigenvalue weighted by Gasteiger charge is 2.39. The van der Waals surface area contributed by atoms with Gasteiger partial charge in [-0.1, -0.05) is 44.2 Å². The summed E-state index contributed by atoms with van der Waals surface area (Å²) in [4.78, 5) is 70.0. The Morgan fingerprint density at radius 2 is 1.76 bits per heavy atom. The highest BCUT2D eigenvalue weighted by Crippen LogP contribution is 2.20. The molecule has 3 N–H and O–H groups in total. The average Bonchev–Trinajstić information content (AvgIpc) is 3.59. The third-order valence-corrected chi connectivity index (χ3v) is 7.61. The molecule has 4 rings (SSSR count). The molecule has 1 aromatic carbocycles. The molecule has 41 heavy (non-hydrogen) atoms. The summed E-state index contributed by atoms with van der Waals surface area (Å²) in [5.74, 6) is -2.39. The molecule has 2 aromatic rings. The Hall–Kier alpha value is -4.22. The second-order valence-corrected chi connectivity index (χ2v) is 11.1. The highest BCUT2D eigenvalue weighted by molar-refractivity contribution is 5.97. The van der Waals surface area contributed by atoms with Gasteiger partial charge < -0.3 is 25.8 Å². The lowest BCUT2D eigenvalue weighted by molar-refractivity contribution is -0.142. The number of carbonyl (C=O) groups is 5. The molecule has 3 heterocycles. The van der Waals surface area contributed by atoms with E-state index in [1.807, 2.05) is 44.2 Å². The molecule has 0 saturated carbocycles. The first-order chi connectivity index (χ1) is 19.5. The number of nitrogens with zero attached hydrogens (tertiary/aromatic N) is 4. The van der Waals surface area contributed by atoms with Crippen LogP contribution in [0.4, 0.5) is 0 Å². The molecule has 0 bridgehead atoms. The van der Waals surface area contributed by atoms with Crippen molar-refractivity contribution < 1.29 is 24.0 Å². The van der Waals surface area contributed by atoms with Crippen molar-refractivity contribution in [3.05, 3.63) is 53.9 Å². The first kappa shape index (κ1) is 29.8. The molecule has 220 valence electrons. The summed E-state index contributed by atoms with van der Waals surface area (Å²) in [6.07, 6.45) is 2.98. The number of hydrogen-bond acceptors (Lipinski definition) is 6. The summed E-state index contributed by atoms with van der Waals surface area (Å²) in [5.41, 5.74) is 1.20. The summed E-state index contributed by atoms with van der Waals surface area (Å²) in [5, 5.41) is 12.7. The monoisotopic (exact) mass is 565 g/mol. The lowest BCUT2D eigenvalue weighted by Gasteiger charge is -2.30. The predicted octanol–water partition coefficient (Wildman–Crippen LogP) is 0.240. The molecule has 2 saturated heterocycles. The van der Waals surface area contributed by atoms with E-state index in [1.165, 1.54) is 20.7 Å². The fourth-order valence-corrected chi connectivity index (χ4v) is 5.44. The zero-order valence-electron chi connectivity index (χ0n) is 24.0. The fraction of sp³-hybridized carbons (Fsp3) is 0.517. The van der Waals surface area contributed by atoms with E-state index in [4.69, 9.17) is 0 Å².